The van der Waals surface area contributed by atoms with Gasteiger partial charge in [0.1, 0.15) is 19.8 Å². The maximum absolute atomic E-state index is 12.6. The molecule has 0 spiro atoms. The molecule has 0 aliphatic rings. The molecule has 0 fully saturated rings. The van der Waals surface area contributed by atoms with Crippen LogP contribution >= 0.6 is 7.82 Å². The molecule has 0 N–H and O–H groups in total. The van der Waals surface area contributed by atoms with Gasteiger partial charge in [-0.3, -0.25) is 14.2 Å². The van der Waals surface area contributed by atoms with Gasteiger partial charge in [-0.05, 0) is 51.4 Å². The first-order chi connectivity index (χ1) is 25.5. The number of carbonyl (C=O) groups is 2. The zero-order valence-corrected chi connectivity index (χ0v) is 34.8. The zero-order valence-electron chi connectivity index (χ0n) is 33.9. The summed E-state index contributed by atoms with van der Waals surface area (Å²) < 4.78 is 33.7. The lowest BCUT2D eigenvalue weighted by Gasteiger charge is -2.28. The van der Waals surface area contributed by atoms with Crippen molar-refractivity contribution in [3.63, 3.8) is 0 Å². The highest BCUT2D eigenvalue weighted by Gasteiger charge is 2.21. The van der Waals surface area contributed by atoms with Gasteiger partial charge < -0.3 is 27.9 Å². The summed E-state index contributed by atoms with van der Waals surface area (Å²) in [5.41, 5.74) is 0. The molecular formula is C43H74NO8P. The molecule has 0 amide bonds. The van der Waals surface area contributed by atoms with Crippen molar-refractivity contribution in [1.29, 1.82) is 0 Å². The summed E-state index contributed by atoms with van der Waals surface area (Å²) in [4.78, 5) is 37.4. The lowest BCUT2D eigenvalue weighted by atomic mass is 10.1. The molecule has 0 rings (SSSR count). The molecule has 9 nitrogen and oxygen atoms in total. The average Bonchev–Trinajstić information content (AvgIpc) is 3.10. The van der Waals surface area contributed by atoms with E-state index in [4.69, 9.17) is 18.5 Å². The van der Waals surface area contributed by atoms with Crippen LogP contribution in [0.25, 0.3) is 0 Å². The van der Waals surface area contributed by atoms with Crippen molar-refractivity contribution in [2.24, 2.45) is 0 Å². The highest BCUT2D eigenvalue weighted by molar-refractivity contribution is 7.45. The van der Waals surface area contributed by atoms with Crippen LogP contribution in [0.1, 0.15) is 136 Å². The van der Waals surface area contributed by atoms with Crippen molar-refractivity contribution in [2.45, 2.75) is 142 Å². The number of likely N-dealkylation sites (N-methyl/N-ethyl adjacent to an activating group) is 1. The van der Waals surface area contributed by atoms with Crippen LogP contribution in [0.15, 0.2) is 72.9 Å². The van der Waals surface area contributed by atoms with Gasteiger partial charge >= 0.3 is 11.9 Å². The van der Waals surface area contributed by atoms with Crippen molar-refractivity contribution >= 4 is 19.8 Å². The van der Waals surface area contributed by atoms with Crippen LogP contribution in [0.5, 0.6) is 0 Å². The topological polar surface area (TPSA) is 111 Å². The van der Waals surface area contributed by atoms with Crippen molar-refractivity contribution in [2.75, 3.05) is 47.5 Å². The van der Waals surface area contributed by atoms with Crippen LogP contribution < -0.4 is 4.89 Å². The van der Waals surface area contributed by atoms with Crippen molar-refractivity contribution in [3.05, 3.63) is 72.9 Å². The van der Waals surface area contributed by atoms with Crippen LogP contribution in [-0.4, -0.2) is 70.0 Å². The Morgan fingerprint density at radius 3 is 1.70 bits per heavy atom. The number of esters is 2. The number of rotatable bonds is 35. The molecule has 0 aliphatic heterocycles. The quantitative estimate of drug-likeness (QED) is 0.0157. The summed E-state index contributed by atoms with van der Waals surface area (Å²) >= 11 is 0. The minimum absolute atomic E-state index is 0.0492. The van der Waals surface area contributed by atoms with Gasteiger partial charge in [0.2, 0.25) is 0 Å². The van der Waals surface area contributed by atoms with E-state index >= 15 is 0 Å². The molecule has 0 aromatic rings. The van der Waals surface area contributed by atoms with Crippen LogP contribution in [0.4, 0.5) is 0 Å². The monoisotopic (exact) mass is 764 g/mol. The normalized spacial score (nSPS) is 14.5. The Labute approximate surface area is 323 Å². The summed E-state index contributed by atoms with van der Waals surface area (Å²) in [6.07, 6.45) is 42.3. The van der Waals surface area contributed by atoms with Gasteiger partial charge in [-0.2, -0.15) is 0 Å². The largest absolute Gasteiger partial charge is 0.756 e. The van der Waals surface area contributed by atoms with Gasteiger partial charge in [0.05, 0.1) is 27.7 Å². The molecule has 0 aliphatic carbocycles. The fourth-order valence-electron chi connectivity index (χ4n) is 4.91. The summed E-state index contributed by atoms with van der Waals surface area (Å²) in [5.74, 6) is -0.939. The van der Waals surface area contributed by atoms with E-state index in [1.807, 2.05) is 75.8 Å². The molecular weight excluding hydrogens is 689 g/mol. The molecule has 0 aromatic carbocycles. The minimum Gasteiger partial charge on any atom is -0.756 e. The fourth-order valence-corrected chi connectivity index (χ4v) is 5.64. The Bertz CT molecular complexity index is 1140. The standard InChI is InChI=1S/C43H74NO8P/c1-6-8-10-12-14-16-18-20-21-22-24-25-27-29-31-33-35-42(45)49-39-41(40-51-53(47,48)50-38-37-44(3,4)5)52-43(46)36-34-32-30-28-26-23-19-17-15-13-11-9-7-2/h9,11,13,15,17,19,21-23,26,28,30,41H,6-8,10,12,14,16,18,20,24-25,27,29,31-40H2,1-5H3/b11-9+,15-13+,19-17+,22-21+,26-23+,30-28+. The van der Waals surface area contributed by atoms with Crippen LogP contribution in [-0.2, 0) is 32.7 Å². The van der Waals surface area contributed by atoms with E-state index in [0.29, 0.717) is 30.3 Å². The number of nitrogens with zero attached hydrogens (tertiary/aromatic N) is 1. The highest BCUT2D eigenvalue weighted by Crippen LogP contribution is 2.38. The second-order valence-corrected chi connectivity index (χ2v) is 15.8. The summed E-state index contributed by atoms with van der Waals surface area (Å²) in [5, 5.41) is 0. The third-order valence-electron chi connectivity index (χ3n) is 8.09. The first-order valence-corrected chi connectivity index (χ1v) is 21.7. The van der Waals surface area contributed by atoms with Gasteiger partial charge in [0, 0.05) is 12.8 Å². The zero-order chi connectivity index (χ0) is 39.3. The SMILES string of the molecule is CC/C=C/C=C/C=C/C=C/C=C/CCCC(=O)OC(COC(=O)CCCCCCC/C=C/CCCCCCCCC)COP(=O)([O-])OCC[N+](C)(C)C. The maximum Gasteiger partial charge on any atom is 0.306 e. The Hall–Kier alpha value is -2.55. The van der Waals surface area contributed by atoms with Gasteiger partial charge in [-0.15, -0.1) is 0 Å². The molecule has 2 unspecified atom stereocenters. The molecule has 10 heteroatoms. The van der Waals surface area contributed by atoms with Gasteiger partial charge in [-0.1, -0.05) is 145 Å². The van der Waals surface area contributed by atoms with Crippen molar-refractivity contribution in [3.8, 4) is 0 Å². The average molecular weight is 764 g/mol. The lowest BCUT2D eigenvalue weighted by Crippen LogP contribution is -2.37. The first-order valence-electron chi connectivity index (χ1n) is 20.2. The highest BCUT2D eigenvalue weighted by atomic mass is 31.2. The molecule has 53 heavy (non-hydrogen) atoms. The number of carbonyl (C=O) groups excluding carboxylic acids is 2. The van der Waals surface area contributed by atoms with Gasteiger partial charge in [0.25, 0.3) is 7.82 Å². The number of quaternary nitrogens is 1. The number of hydrogen-bond acceptors (Lipinski definition) is 8. The van der Waals surface area contributed by atoms with E-state index in [2.05, 4.69) is 32.1 Å². The fraction of sp³-hybridized carbons (Fsp3) is 0.674. The molecule has 0 radical (unpaired) electrons. The maximum atomic E-state index is 12.6. The van der Waals surface area contributed by atoms with Gasteiger partial charge in [-0.25, -0.2) is 0 Å². The van der Waals surface area contributed by atoms with Gasteiger partial charge in [0.15, 0.2) is 6.10 Å². The van der Waals surface area contributed by atoms with E-state index < -0.39 is 32.5 Å². The lowest BCUT2D eigenvalue weighted by molar-refractivity contribution is -0.870. The second-order valence-electron chi connectivity index (χ2n) is 14.4. The van der Waals surface area contributed by atoms with E-state index in [1.54, 1.807) is 0 Å². The molecule has 0 saturated carbocycles. The van der Waals surface area contributed by atoms with E-state index in [1.165, 1.54) is 51.4 Å². The Kier molecular flexibility index (Phi) is 33.5. The second kappa shape index (κ2) is 35.2. The summed E-state index contributed by atoms with van der Waals surface area (Å²) in [6, 6.07) is 0. The van der Waals surface area contributed by atoms with E-state index in [-0.39, 0.29) is 26.1 Å². The predicted molar refractivity (Wildman–Crippen MR) is 217 cm³/mol. The molecule has 0 saturated heterocycles. The summed E-state index contributed by atoms with van der Waals surface area (Å²) in [7, 11) is 1.10. The van der Waals surface area contributed by atoms with Crippen LogP contribution in [0.3, 0.4) is 0 Å². The van der Waals surface area contributed by atoms with Crippen molar-refractivity contribution < 1.29 is 42.1 Å². The Morgan fingerprint density at radius 1 is 0.604 bits per heavy atom. The summed E-state index contributed by atoms with van der Waals surface area (Å²) in [6.45, 7) is 3.95. The number of phosphoric acid groups is 1. The molecule has 0 heterocycles. The number of phosphoric ester groups is 1. The number of ether oxygens (including phenoxy) is 2. The smallest absolute Gasteiger partial charge is 0.306 e. The number of unbranched alkanes of at least 4 members (excludes halogenated alkanes) is 13. The third-order valence-corrected chi connectivity index (χ3v) is 9.05. The van der Waals surface area contributed by atoms with Crippen LogP contribution in [0.2, 0.25) is 0 Å². The Balaban J connectivity index is 4.53. The molecule has 304 valence electrons. The van der Waals surface area contributed by atoms with Crippen LogP contribution in [0, 0.1) is 0 Å². The first kappa shape index (κ1) is 50.5. The molecule has 2 atom stereocenters. The van der Waals surface area contributed by atoms with E-state index in [9.17, 15) is 19.0 Å². The third kappa shape index (κ3) is 39.0. The predicted octanol–water partition coefficient (Wildman–Crippen LogP) is 10.4. The number of hydrogen-bond donors (Lipinski definition) is 0. The Morgan fingerprint density at radius 2 is 1.11 bits per heavy atom. The molecule has 0 bridgehead atoms. The van der Waals surface area contributed by atoms with Crippen molar-refractivity contribution in [1.82, 2.24) is 0 Å². The van der Waals surface area contributed by atoms with E-state index in [0.717, 1.165) is 38.5 Å². The minimum atomic E-state index is -4.64. The number of allylic oxidation sites excluding steroid dienone is 12. The molecule has 0 aromatic heterocycles.